The van der Waals surface area contributed by atoms with E-state index in [4.69, 9.17) is 4.74 Å². The van der Waals surface area contributed by atoms with Gasteiger partial charge in [-0.25, -0.2) is 4.39 Å². The second kappa shape index (κ2) is 5.68. The minimum absolute atomic E-state index is 0.135. The maximum Gasteiger partial charge on any atom is 0.136 e. The standard InChI is InChI=1S/C18H17FO2/c1-12-17(10-18(12)20)14-4-8-16(9-5-14)21-11-13-2-6-15(19)7-3-13/h2-9,12,17H,10-11H2,1H3. The Labute approximate surface area is 123 Å². The highest BCUT2D eigenvalue weighted by Crippen LogP contribution is 2.39. The number of rotatable bonds is 4. The molecular weight excluding hydrogens is 267 g/mol. The lowest BCUT2D eigenvalue weighted by atomic mass is 9.70. The Kier molecular flexibility index (Phi) is 3.74. The van der Waals surface area contributed by atoms with Crippen LogP contribution in [0.2, 0.25) is 0 Å². The van der Waals surface area contributed by atoms with Crippen LogP contribution in [0, 0.1) is 11.7 Å². The summed E-state index contributed by atoms with van der Waals surface area (Å²) < 4.78 is 18.5. The van der Waals surface area contributed by atoms with Crippen LogP contribution in [-0.2, 0) is 11.4 Å². The van der Waals surface area contributed by atoms with Crippen molar-refractivity contribution < 1.29 is 13.9 Å². The quantitative estimate of drug-likeness (QED) is 0.845. The van der Waals surface area contributed by atoms with Crippen molar-refractivity contribution in [2.24, 2.45) is 5.92 Å². The number of hydrogen-bond donors (Lipinski definition) is 0. The number of halogens is 1. The van der Waals surface area contributed by atoms with E-state index >= 15 is 0 Å². The Morgan fingerprint density at radius 3 is 2.33 bits per heavy atom. The van der Waals surface area contributed by atoms with Gasteiger partial charge in [-0.2, -0.15) is 0 Å². The van der Waals surface area contributed by atoms with Crippen molar-refractivity contribution in [3.05, 3.63) is 65.5 Å². The van der Waals surface area contributed by atoms with Gasteiger partial charge in [-0.15, -0.1) is 0 Å². The molecule has 0 saturated heterocycles. The predicted octanol–water partition coefficient (Wildman–Crippen LogP) is 4.10. The van der Waals surface area contributed by atoms with Gasteiger partial charge < -0.3 is 4.74 Å². The highest BCUT2D eigenvalue weighted by Gasteiger charge is 2.36. The minimum Gasteiger partial charge on any atom is -0.489 e. The molecule has 0 aliphatic heterocycles. The van der Waals surface area contributed by atoms with E-state index in [1.165, 1.54) is 17.7 Å². The van der Waals surface area contributed by atoms with Gasteiger partial charge in [0, 0.05) is 18.3 Å². The van der Waals surface area contributed by atoms with Gasteiger partial charge in [-0.05, 0) is 35.4 Å². The molecule has 0 radical (unpaired) electrons. The van der Waals surface area contributed by atoms with E-state index in [0.29, 0.717) is 24.7 Å². The lowest BCUT2D eigenvalue weighted by Crippen LogP contribution is -2.32. The predicted molar refractivity (Wildman–Crippen MR) is 78.7 cm³/mol. The van der Waals surface area contributed by atoms with E-state index in [0.717, 1.165) is 11.3 Å². The Hall–Kier alpha value is -2.16. The molecule has 2 atom stereocenters. The van der Waals surface area contributed by atoms with E-state index in [9.17, 15) is 9.18 Å². The normalized spacial score (nSPS) is 21.0. The minimum atomic E-state index is -0.243. The molecule has 0 spiro atoms. The van der Waals surface area contributed by atoms with Crippen LogP contribution >= 0.6 is 0 Å². The van der Waals surface area contributed by atoms with Crippen LogP contribution in [0.25, 0.3) is 0 Å². The number of ether oxygens (including phenoxy) is 1. The van der Waals surface area contributed by atoms with Crippen LogP contribution in [0.3, 0.4) is 0 Å². The zero-order chi connectivity index (χ0) is 14.8. The third kappa shape index (κ3) is 2.97. The molecule has 0 bridgehead atoms. The second-order valence-corrected chi connectivity index (χ2v) is 5.55. The molecule has 3 rings (SSSR count). The summed E-state index contributed by atoms with van der Waals surface area (Å²) in [6.07, 6.45) is 0.650. The molecule has 0 heterocycles. The fourth-order valence-electron chi connectivity index (χ4n) is 2.61. The number of benzene rings is 2. The fraction of sp³-hybridized carbons (Fsp3) is 0.278. The summed E-state index contributed by atoms with van der Waals surface area (Å²) >= 11 is 0. The number of carbonyl (C=O) groups excluding carboxylic acids is 1. The van der Waals surface area contributed by atoms with Crippen LogP contribution in [0.1, 0.15) is 30.4 Å². The monoisotopic (exact) mass is 284 g/mol. The molecule has 108 valence electrons. The van der Waals surface area contributed by atoms with Gasteiger partial charge in [0.1, 0.15) is 24.0 Å². The van der Waals surface area contributed by atoms with Crippen LogP contribution in [-0.4, -0.2) is 5.78 Å². The largest absolute Gasteiger partial charge is 0.489 e. The summed E-state index contributed by atoms with van der Waals surface area (Å²) in [5.74, 6) is 1.37. The van der Waals surface area contributed by atoms with Gasteiger partial charge in [-0.1, -0.05) is 31.2 Å². The first kappa shape index (κ1) is 13.8. The molecule has 21 heavy (non-hydrogen) atoms. The maximum atomic E-state index is 12.8. The lowest BCUT2D eigenvalue weighted by Gasteiger charge is -2.32. The number of hydrogen-bond acceptors (Lipinski definition) is 2. The topological polar surface area (TPSA) is 26.3 Å². The highest BCUT2D eigenvalue weighted by molar-refractivity contribution is 5.88. The summed E-state index contributed by atoms with van der Waals surface area (Å²) in [6, 6.07) is 14.2. The zero-order valence-electron chi connectivity index (χ0n) is 11.9. The van der Waals surface area contributed by atoms with E-state index in [-0.39, 0.29) is 11.7 Å². The van der Waals surface area contributed by atoms with Crippen molar-refractivity contribution in [1.29, 1.82) is 0 Å². The first-order valence-electron chi connectivity index (χ1n) is 7.13. The van der Waals surface area contributed by atoms with Crippen LogP contribution in [0.5, 0.6) is 5.75 Å². The van der Waals surface area contributed by atoms with Crippen LogP contribution < -0.4 is 4.74 Å². The SMILES string of the molecule is CC1C(=O)CC1c1ccc(OCc2ccc(F)cc2)cc1. The number of carbonyl (C=O) groups is 1. The smallest absolute Gasteiger partial charge is 0.136 e. The molecule has 2 unspecified atom stereocenters. The van der Waals surface area contributed by atoms with E-state index in [2.05, 4.69) is 0 Å². The fourth-order valence-corrected chi connectivity index (χ4v) is 2.61. The summed E-state index contributed by atoms with van der Waals surface area (Å²) in [6.45, 7) is 2.40. The second-order valence-electron chi connectivity index (χ2n) is 5.55. The summed E-state index contributed by atoms with van der Waals surface area (Å²) in [5.41, 5.74) is 2.12. The van der Waals surface area contributed by atoms with Gasteiger partial charge in [0.15, 0.2) is 0 Å². The first-order valence-corrected chi connectivity index (χ1v) is 7.13. The van der Waals surface area contributed by atoms with Gasteiger partial charge in [0.2, 0.25) is 0 Å². The Morgan fingerprint density at radius 1 is 1.10 bits per heavy atom. The molecule has 1 aliphatic rings. The molecule has 2 aromatic carbocycles. The van der Waals surface area contributed by atoms with Crippen LogP contribution in [0.4, 0.5) is 4.39 Å². The number of ketones is 1. The van der Waals surface area contributed by atoms with Crippen molar-refractivity contribution in [3.8, 4) is 5.75 Å². The third-order valence-corrected chi connectivity index (χ3v) is 4.16. The summed E-state index contributed by atoms with van der Waals surface area (Å²) in [5, 5.41) is 0. The van der Waals surface area contributed by atoms with E-state index in [1.54, 1.807) is 12.1 Å². The third-order valence-electron chi connectivity index (χ3n) is 4.16. The molecule has 3 heteroatoms. The van der Waals surface area contributed by atoms with Gasteiger partial charge in [0.25, 0.3) is 0 Å². The summed E-state index contributed by atoms with van der Waals surface area (Å²) in [7, 11) is 0. The molecule has 1 fully saturated rings. The van der Waals surface area contributed by atoms with Crippen molar-refractivity contribution in [2.45, 2.75) is 25.9 Å². The Bertz CT molecular complexity index is 631. The Morgan fingerprint density at radius 2 is 1.76 bits per heavy atom. The molecule has 1 aliphatic carbocycles. The molecule has 0 N–H and O–H groups in total. The van der Waals surface area contributed by atoms with Crippen molar-refractivity contribution >= 4 is 5.78 Å². The highest BCUT2D eigenvalue weighted by atomic mass is 19.1. The van der Waals surface area contributed by atoms with Gasteiger partial charge in [0.05, 0.1) is 0 Å². The molecule has 2 aromatic rings. The molecule has 0 aromatic heterocycles. The van der Waals surface area contributed by atoms with E-state index in [1.807, 2.05) is 31.2 Å². The molecular formula is C18H17FO2. The molecule has 0 amide bonds. The average molecular weight is 284 g/mol. The maximum absolute atomic E-state index is 12.8. The average Bonchev–Trinajstić information content (AvgIpc) is 2.52. The van der Waals surface area contributed by atoms with Crippen molar-refractivity contribution in [2.75, 3.05) is 0 Å². The Balaban J connectivity index is 1.59. The van der Waals surface area contributed by atoms with Gasteiger partial charge in [-0.3, -0.25) is 4.79 Å². The lowest BCUT2D eigenvalue weighted by molar-refractivity contribution is -0.130. The van der Waals surface area contributed by atoms with Crippen LogP contribution in [0.15, 0.2) is 48.5 Å². The van der Waals surface area contributed by atoms with E-state index < -0.39 is 0 Å². The zero-order valence-corrected chi connectivity index (χ0v) is 11.9. The summed E-state index contributed by atoms with van der Waals surface area (Å²) in [4.78, 5) is 11.3. The van der Waals surface area contributed by atoms with Crippen molar-refractivity contribution in [3.63, 3.8) is 0 Å². The first-order chi connectivity index (χ1) is 10.1. The molecule has 2 nitrogen and oxygen atoms in total. The van der Waals surface area contributed by atoms with Gasteiger partial charge >= 0.3 is 0 Å². The number of Topliss-reactive ketones (excluding diaryl/α,β-unsaturated/α-hetero) is 1. The van der Waals surface area contributed by atoms with Crippen molar-refractivity contribution in [1.82, 2.24) is 0 Å². The molecule has 1 saturated carbocycles.